The molecule has 7 nitrogen and oxygen atoms in total. The summed E-state index contributed by atoms with van der Waals surface area (Å²) in [6.07, 6.45) is -0.358. The van der Waals surface area contributed by atoms with Crippen LogP contribution in [0.3, 0.4) is 0 Å². The molecule has 0 aliphatic carbocycles. The summed E-state index contributed by atoms with van der Waals surface area (Å²) < 4.78 is 5.07. The molecule has 0 aromatic heterocycles. The second-order valence-corrected chi connectivity index (χ2v) is 5.20. The van der Waals surface area contributed by atoms with Gasteiger partial charge in [-0.15, -0.1) is 0 Å². The Morgan fingerprint density at radius 1 is 1.32 bits per heavy atom. The standard InChI is InChI=1S/C12H22N2O5/c1-6-8(10(16)17)13-9(15)7-14(5)11(18)19-12(2,3)4/h8H,6-7H2,1-5H3,(H,13,15)(H,16,17). The van der Waals surface area contributed by atoms with Crippen molar-refractivity contribution in [3.05, 3.63) is 0 Å². The van der Waals surface area contributed by atoms with Crippen LogP contribution >= 0.6 is 0 Å². The molecule has 0 aromatic carbocycles. The van der Waals surface area contributed by atoms with Gasteiger partial charge in [-0.1, -0.05) is 6.92 Å². The Morgan fingerprint density at radius 3 is 2.21 bits per heavy atom. The van der Waals surface area contributed by atoms with Crippen LogP contribution in [0.25, 0.3) is 0 Å². The number of hydrogen-bond acceptors (Lipinski definition) is 4. The molecule has 0 aliphatic heterocycles. The highest BCUT2D eigenvalue weighted by atomic mass is 16.6. The topological polar surface area (TPSA) is 95.9 Å². The van der Waals surface area contributed by atoms with Gasteiger partial charge >= 0.3 is 12.1 Å². The van der Waals surface area contributed by atoms with Crippen molar-refractivity contribution < 1.29 is 24.2 Å². The van der Waals surface area contributed by atoms with Crippen LogP contribution in [0, 0.1) is 0 Å². The molecule has 0 saturated heterocycles. The number of carbonyl (C=O) groups is 3. The highest BCUT2D eigenvalue weighted by molar-refractivity contribution is 5.86. The fourth-order valence-corrected chi connectivity index (χ4v) is 1.20. The van der Waals surface area contributed by atoms with E-state index in [1.54, 1.807) is 27.7 Å². The summed E-state index contributed by atoms with van der Waals surface area (Å²) >= 11 is 0. The molecular formula is C12H22N2O5. The van der Waals surface area contributed by atoms with Gasteiger partial charge in [0.05, 0.1) is 0 Å². The monoisotopic (exact) mass is 274 g/mol. The average molecular weight is 274 g/mol. The molecule has 1 unspecified atom stereocenters. The first-order valence-electron chi connectivity index (χ1n) is 6.03. The van der Waals surface area contributed by atoms with Gasteiger partial charge in [0.25, 0.3) is 0 Å². The van der Waals surface area contributed by atoms with E-state index in [9.17, 15) is 14.4 Å². The molecule has 7 heteroatoms. The molecule has 0 rings (SSSR count). The molecule has 0 bridgehead atoms. The van der Waals surface area contributed by atoms with Gasteiger partial charge in [-0.25, -0.2) is 9.59 Å². The Bertz CT molecular complexity index is 349. The van der Waals surface area contributed by atoms with Crippen molar-refractivity contribution in [1.29, 1.82) is 0 Å². The summed E-state index contributed by atoms with van der Waals surface area (Å²) in [4.78, 5) is 35.0. The van der Waals surface area contributed by atoms with Crippen LogP contribution in [0.15, 0.2) is 0 Å². The Balaban J connectivity index is 4.33. The average Bonchev–Trinajstić information content (AvgIpc) is 2.22. The first kappa shape index (κ1) is 17.2. The molecule has 110 valence electrons. The van der Waals surface area contributed by atoms with Crippen molar-refractivity contribution in [3.63, 3.8) is 0 Å². The van der Waals surface area contributed by atoms with Gasteiger partial charge in [0, 0.05) is 7.05 Å². The molecule has 0 aromatic rings. The van der Waals surface area contributed by atoms with E-state index in [1.807, 2.05) is 0 Å². The minimum absolute atomic E-state index is 0.251. The van der Waals surface area contributed by atoms with Crippen LogP contribution in [0.5, 0.6) is 0 Å². The molecule has 0 saturated carbocycles. The zero-order chi connectivity index (χ0) is 15.2. The van der Waals surface area contributed by atoms with Gasteiger partial charge in [0.15, 0.2) is 0 Å². The number of carboxylic acid groups (broad SMARTS) is 1. The number of hydrogen-bond donors (Lipinski definition) is 2. The van der Waals surface area contributed by atoms with Gasteiger partial charge in [-0.3, -0.25) is 4.79 Å². The molecule has 0 heterocycles. The van der Waals surface area contributed by atoms with E-state index in [0.717, 1.165) is 4.90 Å². The van der Waals surface area contributed by atoms with E-state index in [4.69, 9.17) is 9.84 Å². The quantitative estimate of drug-likeness (QED) is 0.774. The Labute approximate surface area is 112 Å². The Hall–Kier alpha value is -1.79. The highest BCUT2D eigenvalue weighted by Gasteiger charge is 2.23. The summed E-state index contributed by atoms with van der Waals surface area (Å²) in [7, 11) is 1.41. The summed E-state index contributed by atoms with van der Waals surface area (Å²) in [5.41, 5.74) is -0.644. The van der Waals surface area contributed by atoms with Gasteiger partial charge in [-0.2, -0.15) is 0 Å². The second-order valence-electron chi connectivity index (χ2n) is 5.20. The highest BCUT2D eigenvalue weighted by Crippen LogP contribution is 2.08. The van der Waals surface area contributed by atoms with Crippen LogP contribution in [0.1, 0.15) is 34.1 Å². The minimum Gasteiger partial charge on any atom is -0.480 e. The van der Waals surface area contributed by atoms with Crippen molar-refractivity contribution in [1.82, 2.24) is 10.2 Å². The predicted octanol–water partition coefficient (Wildman–Crippen LogP) is 0.833. The van der Waals surface area contributed by atoms with E-state index in [2.05, 4.69) is 5.32 Å². The fraction of sp³-hybridized carbons (Fsp3) is 0.750. The van der Waals surface area contributed by atoms with E-state index < -0.39 is 29.6 Å². The molecule has 0 spiro atoms. The number of aliphatic carboxylic acids is 1. The summed E-state index contributed by atoms with van der Waals surface area (Å²) in [6.45, 7) is 6.55. The number of carboxylic acids is 1. The van der Waals surface area contributed by atoms with Crippen LogP contribution in [-0.2, 0) is 14.3 Å². The second kappa shape index (κ2) is 6.96. The Kier molecular flexibility index (Phi) is 6.31. The third-order valence-corrected chi connectivity index (χ3v) is 2.13. The SMILES string of the molecule is CCC(NC(=O)CN(C)C(=O)OC(C)(C)C)C(=O)O. The number of ether oxygens (including phenoxy) is 1. The van der Waals surface area contributed by atoms with Gasteiger partial charge in [0.1, 0.15) is 18.2 Å². The zero-order valence-corrected chi connectivity index (χ0v) is 12.0. The van der Waals surface area contributed by atoms with Crippen molar-refractivity contribution in [2.75, 3.05) is 13.6 Å². The first-order valence-corrected chi connectivity index (χ1v) is 6.03. The molecule has 0 radical (unpaired) electrons. The number of nitrogens with one attached hydrogen (secondary N) is 1. The number of carbonyl (C=O) groups excluding carboxylic acids is 2. The maximum absolute atomic E-state index is 11.6. The normalized spacial score (nSPS) is 12.5. The molecule has 0 aliphatic rings. The largest absolute Gasteiger partial charge is 0.480 e. The van der Waals surface area contributed by atoms with E-state index in [1.165, 1.54) is 7.05 Å². The number of likely N-dealkylation sites (N-methyl/N-ethyl adjacent to an activating group) is 1. The molecule has 0 fully saturated rings. The van der Waals surface area contributed by atoms with Crippen LogP contribution in [0.2, 0.25) is 0 Å². The number of amides is 2. The smallest absolute Gasteiger partial charge is 0.410 e. The fourth-order valence-electron chi connectivity index (χ4n) is 1.20. The molecular weight excluding hydrogens is 252 g/mol. The molecule has 2 N–H and O–H groups in total. The van der Waals surface area contributed by atoms with Crippen LogP contribution in [-0.4, -0.2) is 53.2 Å². The lowest BCUT2D eigenvalue weighted by Crippen LogP contribution is -2.46. The third-order valence-electron chi connectivity index (χ3n) is 2.13. The summed E-state index contributed by atoms with van der Waals surface area (Å²) in [6, 6.07) is -0.945. The van der Waals surface area contributed by atoms with E-state index >= 15 is 0 Å². The molecule has 19 heavy (non-hydrogen) atoms. The van der Waals surface area contributed by atoms with Crippen LogP contribution in [0.4, 0.5) is 4.79 Å². The van der Waals surface area contributed by atoms with Crippen LogP contribution < -0.4 is 5.32 Å². The minimum atomic E-state index is -1.10. The third kappa shape index (κ3) is 7.28. The zero-order valence-electron chi connectivity index (χ0n) is 12.0. The van der Waals surface area contributed by atoms with Crippen molar-refractivity contribution in [3.8, 4) is 0 Å². The maximum Gasteiger partial charge on any atom is 0.410 e. The number of rotatable bonds is 5. The number of nitrogens with zero attached hydrogens (tertiary/aromatic N) is 1. The lowest BCUT2D eigenvalue weighted by molar-refractivity contribution is -0.142. The van der Waals surface area contributed by atoms with Crippen molar-refractivity contribution in [2.24, 2.45) is 0 Å². The van der Waals surface area contributed by atoms with Gasteiger partial charge in [0.2, 0.25) is 5.91 Å². The van der Waals surface area contributed by atoms with Gasteiger partial charge < -0.3 is 20.1 Å². The summed E-state index contributed by atoms with van der Waals surface area (Å²) in [5, 5.41) is 11.1. The lowest BCUT2D eigenvalue weighted by atomic mass is 10.2. The summed E-state index contributed by atoms with van der Waals surface area (Å²) in [5.74, 6) is -1.64. The van der Waals surface area contributed by atoms with E-state index in [0.29, 0.717) is 0 Å². The van der Waals surface area contributed by atoms with Gasteiger partial charge in [-0.05, 0) is 27.2 Å². The van der Waals surface area contributed by atoms with Crippen molar-refractivity contribution >= 4 is 18.0 Å². The maximum atomic E-state index is 11.6. The van der Waals surface area contributed by atoms with Crippen molar-refractivity contribution in [2.45, 2.75) is 45.8 Å². The Morgan fingerprint density at radius 2 is 1.84 bits per heavy atom. The molecule has 2 amide bonds. The molecule has 1 atom stereocenters. The predicted molar refractivity (Wildman–Crippen MR) is 68.7 cm³/mol. The first-order chi connectivity index (χ1) is 8.56. The lowest BCUT2D eigenvalue weighted by Gasteiger charge is -2.24. The van der Waals surface area contributed by atoms with E-state index in [-0.39, 0.29) is 13.0 Å².